The predicted octanol–water partition coefficient (Wildman–Crippen LogP) is 3.24. The van der Waals surface area contributed by atoms with Crippen molar-refractivity contribution in [2.24, 2.45) is 0 Å². The molecule has 0 bridgehead atoms. The van der Waals surface area contributed by atoms with Gasteiger partial charge in [-0.2, -0.15) is 0 Å². The maximum absolute atomic E-state index is 13.1. The van der Waals surface area contributed by atoms with Crippen molar-refractivity contribution < 1.29 is 4.39 Å². The molecule has 1 N–H and O–H groups in total. The third-order valence-corrected chi connectivity index (χ3v) is 4.89. The van der Waals surface area contributed by atoms with Crippen LogP contribution >= 0.6 is 33.9 Å². The summed E-state index contributed by atoms with van der Waals surface area (Å²) in [7, 11) is 0. The van der Waals surface area contributed by atoms with Crippen LogP contribution in [0.4, 0.5) is 4.39 Å². The molecule has 3 rings (SSSR count). The molecular formula is C13H13FIN3S. The van der Waals surface area contributed by atoms with Crippen LogP contribution in [-0.2, 0) is 6.42 Å². The fourth-order valence-corrected chi connectivity index (χ4v) is 3.59. The molecule has 3 nitrogen and oxygen atoms in total. The third-order valence-electron chi connectivity index (χ3n) is 2.98. The molecule has 100 valence electrons. The molecule has 19 heavy (non-hydrogen) atoms. The highest BCUT2D eigenvalue weighted by molar-refractivity contribution is 14.1. The van der Waals surface area contributed by atoms with E-state index in [1.54, 1.807) is 17.4 Å². The van der Waals surface area contributed by atoms with Gasteiger partial charge in [-0.25, -0.2) is 4.39 Å². The second-order valence-electron chi connectivity index (χ2n) is 4.60. The van der Waals surface area contributed by atoms with Crippen molar-refractivity contribution in [1.82, 2.24) is 15.5 Å². The van der Waals surface area contributed by atoms with Crippen molar-refractivity contribution >= 4 is 33.9 Å². The van der Waals surface area contributed by atoms with E-state index in [9.17, 15) is 4.39 Å². The smallest absolute Gasteiger partial charge is 0.148 e. The molecule has 1 fully saturated rings. The largest absolute Gasteiger partial charge is 0.314 e. The highest BCUT2D eigenvalue weighted by atomic mass is 127. The van der Waals surface area contributed by atoms with Gasteiger partial charge in [0.15, 0.2) is 0 Å². The first-order chi connectivity index (χ1) is 9.22. The maximum atomic E-state index is 13.1. The standard InChI is InChI=1S/C13H13FIN3S/c14-8-1-4-10(11(15)7-8)13-18-17-12(19-13)5-6-16-9-2-3-9/h1,4,7,9,16H,2-3,5-6H2. The van der Waals surface area contributed by atoms with Crippen molar-refractivity contribution in [3.63, 3.8) is 0 Å². The quantitative estimate of drug-likeness (QED) is 0.798. The Hall–Kier alpha value is -0.600. The molecule has 1 heterocycles. The Morgan fingerprint density at radius 3 is 2.95 bits per heavy atom. The molecule has 1 aromatic carbocycles. The van der Waals surface area contributed by atoms with Crippen LogP contribution in [0, 0.1) is 9.39 Å². The molecule has 0 radical (unpaired) electrons. The van der Waals surface area contributed by atoms with Crippen molar-refractivity contribution in [2.75, 3.05) is 6.54 Å². The monoisotopic (exact) mass is 389 g/mol. The van der Waals surface area contributed by atoms with Crippen molar-refractivity contribution in [2.45, 2.75) is 25.3 Å². The molecule has 1 aliphatic rings. The summed E-state index contributed by atoms with van der Waals surface area (Å²) in [5, 5.41) is 13.8. The van der Waals surface area contributed by atoms with E-state index in [0.717, 1.165) is 38.2 Å². The van der Waals surface area contributed by atoms with Crippen LogP contribution < -0.4 is 5.32 Å². The fraction of sp³-hybridized carbons (Fsp3) is 0.385. The summed E-state index contributed by atoms with van der Waals surface area (Å²) in [6.07, 6.45) is 3.51. The molecule has 1 saturated carbocycles. The molecule has 0 amide bonds. The minimum absolute atomic E-state index is 0.216. The number of nitrogens with zero attached hydrogens (tertiary/aromatic N) is 2. The minimum Gasteiger partial charge on any atom is -0.314 e. The van der Waals surface area contributed by atoms with Crippen LogP contribution in [0.2, 0.25) is 0 Å². The second kappa shape index (κ2) is 5.80. The van der Waals surface area contributed by atoms with Gasteiger partial charge in [-0.3, -0.25) is 0 Å². The second-order valence-corrected chi connectivity index (χ2v) is 6.83. The van der Waals surface area contributed by atoms with Crippen LogP contribution in [0.25, 0.3) is 10.6 Å². The fourth-order valence-electron chi connectivity index (χ4n) is 1.80. The van der Waals surface area contributed by atoms with E-state index in [4.69, 9.17) is 0 Å². The zero-order valence-electron chi connectivity index (χ0n) is 10.2. The Kier molecular flexibility index (Phi) is 4.09. The van der Waals surface area contributed by atoms with Gasteiger partial charge in [-0.1, -0.05) is 11.3 Å². The molecule has 1 aliphatic carbocycles. The minimum atomic E-state index is -0.216. The Labute approximate surface area is 128 Å². The number of hydrogen-bond acceptors (Lipinski definition) is 4. The summed E-state index contributed by atoms with van der Waals surface area (Å²) < 4.78 is 13.9. The Balaban J connectivity index is 1.68. The summed E-state index contributed by atoms with van der Waals surface area (Å²) in [4.78, 5) is 0. The summed E-state index contributed by atoms with van der Waals surface area (Å²) in [5.74, 6) is -0.216. The molecule has 2 aromatic rings. The first-order valence-corrected chi connectivity index (χ1v) is 8.13. The number of aromatic nitrogens is 2. The summed E-state index contributed by atoms with van der Waals surface area (Å²) in [6, 6.07) is 5.48. The third kappa shape index (κ3) is 3.49. The number of hydrogen-bond donors (Lipinski definition) is 1. The molecule has 0 saturated heterocycles. The maximum Gasteiger partial charge on any atom is 0.148 e. The summed E-state index contributed by atoms with van der Waals surface area (Å²) >= 11 is 3.72. The van der Waals surface area contributed by atoms with Gasteiger partial charge in [-0.05, 0) is 53.6 Å². The molecule has 1 aromatic heterocycles. The van der Waals surface area contributed by atoms with Crippen LogP contribution in [0.3, 0.4) is 0 Å². The Bertz CT molecular complexity index is 583. The van der Waals surface area contributed by atoms with E-state index < -0.39 is 0 Å². The molecule has 0 unspecified atom stereocenters. The van der Waals surface area contributed by atoms with Crippen molar-refractivity contribution in [3.8, 4) is 10.6 Å². The number of rotatable bonds is 5. The van der Waals surface area contributed by atoms with E-state index in [1.165, 1.54) is 25.0 Å². The molecule has 6 heteroatoms. The highest BCUT2D eigenvalue weighted by Crippen LogP contribution is 2.28. The lowest BCUT2D eigenvalue weighted by atomic mass is 10.2. The molecule has 0 aliphatic heterocycles. The lowest BCUT2D eigenvalue weighted by Crippen LogP contribution is -2.19. The lowest BCUT2D eigenvalue weighted by Gasteiger charge is -1.99. The Morgan fingerprint density at radius 1 is 1.37 bits per heavy atom. The van der Waals surface area contributed by atoms with Crippen LogP contribution in [0.1, 0.15) is 17.8 Å². The van der Waals surface area contributed by atoms with Crippen LogP contribution in [0.5, 0.6) is 0 Å². The highest BCUT2D eigenvalue weighted by Gasteiger charge is 2.20. The average molecular weight is 389 g/mol. The van der Waals surface area contributed by atoms with Crippen LogP contribution in [0.15, 0.2) is 18.2 Å². The molecule has 0 atom stereocenters. The van der Waals surface area contributed by atoms with E-state index >= 15 is 0 Å². The topological polar surface area (TPSA) is 37.8 Å². The van der Waals surface area contributed by atoms with Gasteiger partial charge in [0.2, 0.25) is 0 Å². The average Bonchev–Trinajstić information content (AvgIpc) is 3.07. The van der Waals surface area contributed by atoms with E-state index in [0.29, 0.717) is 0 Å². The van der Waals surface area contributed by atoms with E-state index in [2.05, 4.69) is 38.1 Å². The van der Waals surface area contributed by atoms with Gasteiger partial charge in [0.25, 0.3) is 0 Å². The van der Waals surface area contributed by atoms with E-state index in [1.807, 2.05) is 0 Å². The first-order valence-electron chi connectivity index (χ1n) is 6.23. The molecule has 0 spiro atoms. The lowest BCUT2D eigenvalue weighted by molar-refractivity contribution is 0.627. The predicted molar refractivity (Wildman–Crippen MR) is 82.7 cm³/mol. The van der Waals surface area contributed by atoms with Gasteiger partial charge in [0.1, 0.15) is 15.8 Å². The molecular weight excluding hydrogens is 376 g/mol. The number of halogens is 2. The number of nitrogens with one attached hydrogen (secondary N) is 1. The Morgan fingerprint density at radius 2 is 2.21 bits per heavy atom. The summed E-state index contributed by atoms with van der Waals surface area (Å²) in [5.41, 5.74) is 0.959. The summed E-state index contributed by atoms with van der Waals surface area (Å²) in [6.45, 7) is 0.958. The van der Waals surface area contributed by atoms with E-state index in [-0.39, 0.29) is 5.82 Å². The van der Waals surface area contributed by atoms with Gasteiger partial charge in [0, 0.05) is 28.1 Å². The van der Waals surface area contributed by atoms with Crippen LogP contribution in [-0.4, -0.2) is 22.8 Å². The van der Waals surface area contributed by atoms with Gasteiger partial charge >= 0.3 is 0 Å². The van der Waals surface area contributed by atoms with Gasteiger partial charge < -0.3 is 5.32 Å². The van der Waals surface area contributed by atoms with Gasteiger partial charge in [-0.15, -0.1) is 10.2 Å². The first kappa shape index (κ1) is 13.4. The van der Waals surface area contributed by atoms with Crippen molar-refractivity contribution in [3.05, 3.63) is 32.6 Å². The number of benzene rings is 1. The zero-order valence-corrected chi connectivity index (χ0v) is 13.2. The van der Waals surface area contributed by atoms with Crippen molar-refractivity contribution in [1.29, 1.82) is 0 Å². The zero-order chi connectivity index (χ0) is 13.2. The van der Waals surface area contributed by atoms with Gasteiger partial charge in [0.05, 0.1) is 0 Å². The normalized spacial score (nSPS) is 14.8. The SMILES string of the molecule is Fc1ccc(-c2nnc(CCNC3CC3)s2)c(I)c1.